The number of alkyl halides is 9. The van der Waals surface area contributed by atoms with Crippen LogP contribution in [0, 0.1) is 0 Å². The van der Waals surface area contributed by atoms with Gasteiger partial charge < -0.3 is 0 Å². The fourth-order valence-electron chi connectivity index (χ4n) is 3.88. The molecule has 0 bridgehead atoms. The smallest absolute Gasteiger partial charge is 0.292 e. The largest absolute Gasteiger partial charge is 0.416 e. The summed E-state index contributed by atoms with van der Waals surface area (Å²) < 4.78 is 119. The van der Waals surface area contributed by atoms with Crippen molar-refractivity contribution in [2.75, 3.05) is 6.54 Å². The molecule has 0 aliphatic carbocycles. The van der Waals surface area contributed by atoms with Crippen molar-refractivity contribution >= 4 is 0 Å². The van der Waals surface area contributed by atoms with Crippen molar-refractivity contribution in [1.82, 2.24) is 4.90 Å². The third-order valence-corrected chi connectivity index (χ3v) is 5.32. The summed E-state index contributed by atoms with van der Waals surface area (Å²) in [5.74, 6) is 0. The van der Waals surface area contributed by atoms with Crippen LogP contribution in [0.3, 0.4) is 0 Å². The number of piperidine rings is 1. The van der Waals surface area contributed by atoms with E-state index in [9.17, 15) is 39.5 Å². The molecule has 1 fully saturated rings. The lowest BCUT2D eigenvalue weighted by Gasteiger charge is -2.37. The van der Waals surface area contributed by atoms with Crippen molar-refractivity contribution in [3.63, 3.8) is 0 Å². The Kier molecular flexibility index (Phi) is 6.32. The molecular weight excluding hydrogens is 437 g/mol. The number of halogens is 9. The van der Waals surface area contributed by atoms with E-state index < -0.39 is 53.4 Å². The van der Waals surface area contributed by atoms with Gasteiger partial charge in [0.2, 0.25) is 0 Å². The van der Waals surface area contributed by atoms with Crippen LogP contribution in [0.25, 0.3) is 0 Å². The highest BCUT2D eigenvalue weighted by Gasteiger charge is 2.38. The summed E-state index contributed by atoms with van der Waals surface area (Å²) in [5, 5.41) is 0. The Bertz CT molecular complexity index is 912. The highest BCUT2D eigenvalue weighted by Crippen LogP contribution is 2.40. The van der Waals surface area contributed by atoms with E-state index in [1.54, 1.807) is 0 Å². The maximum atomic E-state index is 13.4. The second kappa shape index (κ2) is 8.37. The van der Waals surface area contributed by atoms with Gasteiger partial charge in [0.15, 0.2) is 0 Å². The van der Waals surface area contributed by atoms with Gasteiger partial charge in [0.25, 0.3) is 0 Å². The van der Waals surface area contributed by atoms with E-state index >= 15 is 0 Å². The van der Waals surface area contributed by atoms with Crippen molar-refractivity contribution in [3.05, 3.63) is 70.3 Å². The van der Waals surface area contributed by atoms with Gasteiger partial charge in [-0.2, -0.15) is 39.5 Å². The molecular formula is C21H18F9N. The number of rotatable bonds is 3. The third-order valence-electron chi connectivity index (χ3n) is 5.32. The van der Waals surface area contributed by atoms with Crippen molar-refractivity contribution in [2.45, 2.75) is 50.4 Å². The fourth-order valence-corrected chi connectivity index (χ4v) is 3.88. The zero-order valence-corrected chi connectivity index (χ0v) is 16.0. The predicted molar refractivity (Wildman–Crippen MR) is 94.9 cm³/mol. The van der Waals surface area contributed by atoms with Crippen molar-refractivity contribution in [1.29, 1.82) is 0 Å². The first kappa shape index (κ1) is 23.4. The van der Waals surface area contributed by atoms with Crippen molar-refractivity contribution in [3.8, 4) is 0 Å². The summed E-state index contributed by atoms with van der Waals surface area (Å²) in [4.78, 5) is 1.52. The van der Waals surface area contributed by atoms with Crippen LogP contribution in [0.4, 0.5) is 39.5 Å². The molecule has 1 atom stereocenters. The van der Waals surface area contributed by atoms with E-state index in [4.69, 9.17) is 0 Å². The Morgan fingerprint density at radius 2 is 1.39 bits per heavy atom. The SMILES string of the molecule is FC(F)(F)c1cccc(C2CCCCN2Cc2cc(C(F)(F)F)ccc2C(F)(F)F)c1. The van der Waals surface area contributed by atoms with Gasteiger partial charge in [-0.15, -0.1) is 0 Å². The van der Waals surface area contributed by atoms with E-state index in [0.29, 0.717) is 37.5 Å². The zero-order chi connectivity index (χ0) is 23.0. The molecule has 1 aliphatic rings. The Hall–Kier alpha value is -2.23. The molecule has 2 aromatic rings. The lowest BCUT2D eigenvalue weighted by Crippen LogP contribution is -2.34. The third kappa shape index (κ3) is 5.53. The van der Waals surface area contributed by atoms with Crippen molar-refractivity contribution in [2.24, 2.45) is 0 Å². The minimum absolute atomic E-state index is 0.258. The standard InChI is InChI=1S/C21H18F9N/c22-19(23,24)15-5-3-4-13(10-15)18-6-1-2-9-31(18)12-14-11-16(20(25,26)27)7-8-17(14)21(28,29)30/h3-5,7-8,10-11,18H,1-2,6,9,12H2. The summed E-state index contributed by atoms with van der Waals surface area (Å²) in [6.07, 6.45) is -12.6. The Morgan fingerprint density at radius 3 is 2.00 bits per heavy atom. The molecule has 0 radical (unpaired) electrons. The Morgan fingerprint density at radius 1 is 0.742 bits per heavy atom. The van der Waals surface area contributed by atoms with Gasteiger partial charge in [-0.25, -0.2) is 0 Å². The molecule has 1 heterocycles. The van der Waals surface area contributed by atoms with Crippen LogP contribution < -0.4 is 0 Å². The van der Waals surface area contributed by atoms with E-state index in [0.717, 1.165) is 12.1 Å². The quantitative estimate of drug-likeness (QED) is 0.434. The molecule has 31 heavy (non-hydrogen) atoms. The molecule has 1 unspecified atom stereocenters. The first-order valence-corrected chi connectivity index (χ1v) is 9.45. The number of nitrogens with zero attached hydrogens (tertiary/aromatic N) is 1. The molecule has 0 N–H and O–H groups in total. The highest BCUT2D eigenvalue weighted by atomic mass is 19.4. The summed E-state index contributed by atoms with van der Waals surface area (Å²) in [7, 11) is 0. The minimum atomic E-state index is -4.86. The number of hydrogen-bond acceptors (Lipinski definition) is 1. The van der Waals surface area contributed by atoms with Gasteiger partial charge in [0.05, 0.1) is 16.7 Å². The van der Waals surface area contributed by atoms with Gasteiger partial charge in [0.1, 0.15) is 0 Å². The summed E-state index contributed by atoms with van der Waals surface area (Å²) in [6, 6.07) is 5.14. The lowest BCUT2D eigenvalue weighted by atomic mass is 9.92. The molecule has 3 rings (SSSR count). The van der Waals surface area contributed by atoms with Crippen LogP contribution in [0.5, 0.6) is 0 Å². The summed E-state index contributed by atoms with van der Waals surface area (Å²) in [5.41, 5.74) is -3.56. The number of likely N-dealkylation sites (tertiary alicyclic amines) is 1. The van der Waals surface area contributed by atoms with E-state index in [-0.39, 0.29) is 12.1 Å². The molecule has 0 spiro atoms. The Labute approximate surface area is 172 Å². The molecule has 10 heteroatoms. The normalized spacial score (nSPS) is 18.9. The molecule has 0 saturated carbocycles. The maximum absolute atomic E-state index is 13.4. The van der Waals surface area contributed by atoms with E-state index in [1.807, 2.05) is 0 Å². The first-order valence-electron chi connectivity index (χ1n) is 9.45. The lowest BCUT2D eigenvalue weighted by molar-refractivity contribution is -0.142. The van der Waals surface area contributed by atoms with E-state index in [1.165, 1.54) is 17.0 Å². The predicted octanol–water partition coefficient (Wildman–Crippen LogP) is 7.47. The second-order valence-corrected chi connectivity index (χ2v) is 7.47. The highest BCUT2D eigenvalue weighted by molar-refractivity contribution is 5.36. The van der Waals surface area contributed by atoms with Crippen LogP contribution in [-0.2, 0) is 25.1 Å². The molecule has 170 valence electrons. The zero-order valence-electron chi connectivity index (χ0n) is 16.0. The number of hydrogen-bond donors (Lipinski definition) is 0. The van der Waals surface area contributed by atoms with E-state index in [2.05, 4.69) is 0 Å². The summed E-state index contributed by atoms with van der Waals surface area (Å²) in [6.45, 7) is -0.200. The van der Waals surface area contributed by atoms with Crippen molar-refractivity contribution < 1.29 is 39.5 Å². The van der Waals surface area contributed by atoms with Crippen LogP contribution in [0.2, 0.25) is 0 Å². The van der Waals surface area contributed by atoms with Gasteiger partial charge in [-0.1, -0.05) is 18.6 Å². The molecule has 0 aromatic heterocycles. The average molecular weight is 455 g/mol. The van der Waals surface area contributed by atoms with Crippen LogP contribution in [-0.4, -0.2) is 11.4 Å². The van der Waals surface area contributed by atoms with Crippen LogP contribution in [0.15, 0.2) is 42.5 Å². The topological polar surface area (TPSA) is 3.24 Å². The molecule has 1 aliphatic heterocycles. The van der Waals surface area contributed by atoms with Gasteiger partial charge >= 0.3 is 18.5 Å². The second-order valence-electron chi connectivity index (χ2n) is 7.47. The minimum Gasteiger partial charge on any atom is -0.292 e. The molecule has 2 aromatic carbocycles. The van der Waals surface area contributed by atoms with Gasteiger partial charge in [0, 0.05) is 12.6 Å². The molecule has 1 nitrogen and oxygen atoms in total. The maximum Gasteiger partial charge on any atom is 0.416 e. The molecule has 1 saturated heterocycles. The first-order chi connectivity index (χ1) is 14.3. The summed E-state index contributed by atoms with van der Waals surface area (Å²) >= 11 is 0. The van der Waals surface area contributed by atoms with Crippen LogP contribution in [0.1, 0.15) is 53.1 Å². The monoisotopic (exact) mass is 455 g/mol. The van der Waals surface area contributed by atoms with Gasteiger partial charge in [-0.05, 0) is 60.8 Å². The molecule has 0 amide bonds. The Balaban J connectivity index is 1.98. The van der Waals surface area contributed by atoms with Gasteiger partial charge in [-0.3, -0.25) is 4.90 Å². The number of benzene rings is 2. The average Bonchev–Trinajstić information content (AvgIpc) is 2.66. The van der Waals surface area contributed by atoms with Crippen LogP contribution >= 0.6 is 0 Å². The fraction of sp³-hybridized carbons (Fsp3) is 0.429.